The van der Waals surface area contributed by atoms with Crippen LogP contribution in [0, 0.1) is 19.8 Å². The van der Waals surface area contributed by atoms with Crippen LogP contribution in [0.4, 0.5) is 0 Å². The Morgan fingerprint density at radius 1 is 0.844 bits per heavy atom. The molecule has 2 bridgehead atoms. The third-order valence-corrected chi connectivity index (χ3v) is 7.31. The summed E-state index contributed by atoms with van der Waals surface area (Å²) in [6.45, 7) is 6.74. The molecule has 3 aromatic rings. The maximum Gasteiger partial charge on any atom is 0.0693 e. The van der Waals surface area contributed by atoms with Crippen LogP contribution in [-0.2, 0) is 18.6 Å². The van der Waals surface area contributed by atoms with Crippen LogP contribution < -0.4 is 0 Å². The summed E-state index contributed by atoms with van der Waals surface area (Å²) in [5, 5.41) is 0. The van der Waals surface area contributed by atoms with E-state index < -0.39 is 0 Å². The third-order valence-electron chi connectivity index (χ3n) is 7.31. The SMILES string of the molecule is Cc1ccc(C)c(C=NC2C3CCN(CC3)C2C(c2ccccc2)c2ccccc2)c1.[V]. The van der Waals surface area contributed by atoms with E-state index in [-0.39, 0.29) is 18.6 Å². The Hall–Kier alpha value is -2.13. The van der Waals surface area contributed by atoms with Crippen molar-refractivity contribution in [2.45, 2.75) is 44.7 Å². The number of rotatable bonds is 5. The Morgan fingerprint density at radius 2 is 1.44 bits per heavy atom. The second-order valence-electron chi connectivity index (χ2n) is 9.29. The van der Waals surface area contributed by atoms with E-state index in [1.807, 2.05) is 0 Å². The maximum atomic E-state index is 5.32. The Balaban J connectivity index is 0.00000245. The molecule has 3 heterocycles. The van der Waals surface area contributed by atoms with Gasteiger partial charge < -0.3 is 0 Å². The van der Waals surface area contributed by atoms with E-state index in [2.05, 4.69) is 104 Å². The molecule has 3 aliphatic heterocycles. The first-order valence-electron chi connectivity index (χ1n) is 11.6. The van der Waals surface area contributed by atoms with Crippen LogP contribution in [0.5, 0.6) is 0 Å². The van der Waals surface area contributed by atoms with Gasteiger partial charge in [-0.1, -0.05) is 84.4 Å². The fourth-order valence-corrected chi connectivity index (χ4v) is 5.64. The first-order valence-corrected chi connectivity index (χ1v) is 11.6. The van der Waals surface area contributed by atoms with Gasteiger partial charge in [0, 0.05) is 36.7 Å². The van der Waals surface area contributed by atoms with Gasteiger partial charge in [-0.05, 0) is 68.0 Å². The van der Waals surface area contributed by atoms with E-state index in [1.165, 1.54) is 53.7 Å². The minimum Gasteiger partial charge on any atom is -0.297 e. The van der Waals surface area contributed by atoms with Crippen molar-refractivity contribution in [3.05, 3.63) is 107 Å². The summed E-state index contributed by atoms with van der Waals surface area (Å²) in [5.74, 6) is 1.01. The van der Waals surface area contributed by atoms with E-state index in [9.17, 15) is 0 Å². The molecule has 3 fully saturated rings. The monoisotopic (exact) mass is 459 g/mol. The van der Waals surface area contributed by atoms with Crippen molar-refractivity contribution >= 4 is 6.21 Å². The zero-order chi connectivity index (χ0) is 21.2. The molecule has 2 unspecified atom stereocenters. The van der Waals surface area contributed by atoms with Gasteiger partial charge in [-0.3, -0.25) is 9.89 Å². The van der Waals surface area contributed by atoms with Crippen molar-refractivity contribution in [2.24, 2.45) is 10.9 Å². The zero-order valence-electron chi connectivity index (χ0n) is 19.1. The molecule has 3 saturated heterocycles. The average Bonchev–Trinajstić information content (AvgIpc) is 2.82. The van der Waals surface area contributed by atoms with Gasteiger partial charge in [0.25, 0.3) is 0 Å². The molecule has 3 heteroatoms. The summed E-state index contributed by atoms with van der Waals surface area (Å²) in [5.41, 5.74) is 6.65. The van der Waals surface area contributed by atoms with Crippen molar-refractivity contribution in [3.8, 4) is 0 Å². The first kappa shape index (κ1) is 23.0. The van der Waals surface area contributed by atoms with Gasteiger partial charge in [-0.25, -0.2) is 0 Å². The van der Waals surface area contributed by atoms with Crippen molar-refractivity contribution < 1.29 is 18.6 Å². The molecule has 6 rings (SSSR count). The Bertz CT molecular complexity index is 1000. The molecule has 0 spiro atoms. The molecule has 1 radical (unpaired) electrons. The van der Waals surface area contributed by atoms with Crippen LogP contribution in [0.25, 0.3) is 0 Å². The Labute approximate surface area is 204 Å². The molecule has 2 nitrogen and oxygen atoms in total. The number of benzene rings is 3. The fourth-order valence-electron chi connectivity index (χ4n) is 5.64. The molecule has 3 aromatic carbocycles. The van der Waals surface area contributed by atoms with Gasteiger partial charge in [0.1, 0.15) is 0 Å². The molecule has 0 saturated carbocycles. The van der Waals surface area contributed by atoms with Gasteiger partial charge in [0.15, 0.2) is 0 Å². The van der Waals surface area contributed by atoms with Crippen molar-refractivity contribution in [3.63, 3.8) is 0 Å². The number of piperidine rings is 3. The number of hydrogen-bond donors (Lipinski definition) is 0. The molecular weight excluding hydrogens is 427 g/mol. The van der Waals surface area contributed by atoms with Crippen LogP contribution in [0.1, 0.15) is 46.6 Å². The van der Waals surface area contributed by atoms with Gasteiger partial charge >= 0.3 is 0 Å². The second-order valence-corrected chi connectivity index (χ2v) is 9.29. The molecule has 0 N–H and O–H groups in total. The predicted octanol–water partition coefficient (Wildman–Crippen LogP) is 6.01. The third kappa shape index (κ3) is 4.64. The summed E-state index contributed by atoms with van der Waals surface area (Å²) < 4.78 is 0. The smallest absolute Gasteiger partial charge is 0.0693 e. The van der Waals surface area contributed by atoms with Crippen LogP contribution in [0.3, 0.4) is 0 Å². The van der Waals surface area contributed by atoms with Gasteiger partial charge in [0.2, 0.25) is 0 Å². The second kappa shape index (κ2) is 10.2. The number of aliphatic imine (C=N–C) groups is 1. The minimum atomic E-state index is 0. The predicted molar refractivity (Wildman–Crippen MR) is 130 cm³/mol. The summed E-state index contributed by atoms with van der Waals surface area (Å²) in [6.07, 6.45) is 4.69. The number of fused-ring (bicyclic) bond motifs is 3. The number of aryl methyl sites for hydroxylation is 2. The standard InChI is InChI=1S/C29H32N2.V/c1-21-13-14-22(2)26(19-21)20-30-28-25-15-17-31(18-16-25)29(28)27(23-9-5-3-6-10-23)24-11-7-4-8-12-24;/h3-14,19-20,25,27-29H,15-18H2,1-2H3;. The molecule has 0 aliphatic carbocycles. The molecule has 163 valence electrons. The first-order chi connectivity index (χ1) is 15.2. The van der Waals surface area contributed by atoms with Crippen LogP contribution in [0.2, 0.25) is 0 Å². The van der Waals surface area contributed by atoms with Crippen LogP contribution in [-0.4, -0.2) is 36.3 Å². The van der Waals surface area contributed by atoms with E-state index >= 15 is 0 Å². The zero-order valence-corrected chi connectivity index (χ0v) is 20.5. The minimum absolute atomic E-state index is 0. The topological polar surface area (TPSA) is 15.6 Å². The summed E-state index contributed by atoms with van der Waals surface area (Å²) in [7, 11) is 0. The number of hydrogen-bond acceptors (Lipinski definition) is 2. The van der Waals surface area contributed by atoms with Crippen molar-refractivity contribution in [1.29, 1.82) is 0 Å². The molecule has 3 aliphatic rings. The largest absolute Gasteiger partial charge is 0.297 e. The summed E-state index contributed by atoms with van der Waals surface area (Å²) >= 11 is 0. The van der Waals surface area contributed by atoms with E-state index in [0.29, 0.717) is 23.9 Å². The van der Waals surface area contributed by atoms with Gasteiger partial charge in [-0.2, -0.15) is 0 Å². The molecule has 32 heavy (non-hydrogen) atoms. The van der Waals surface area contributed by atoms with Crippen molar-refractivity contribution in [2.75, 3.05) is 13.1 Å². The molecule has 2 atom stereocenters. The van der Waals surface area contributed by atoms with Crippen molar-refractivity contribution in [1.82, 2.24) is 4.90 Å². The molecular formula is C29H32N2V. The summed E-state index contributed by atoms with van der Waals surface area (Å²) in [4.78, 5) is 8.04. The summed E-state index contributed by atoms with van der Waals surface area (Å²) in [6, 6.07) is 29.5. The van der Waals surface area contributed by atoms with E-state index in [1.54, 1.807) is 0 Å². The number of nitrogens with zero attached hydrogens (tertiary/aromatic N) is 2. The normalized spacial score (nSPS) is 24.6. The fraction of sp³-hybridized carbons (Fsp3) is 0.345. The van der Waals surface area contributed by atoms with Crippen LogP contribution in [0.15, 0.2) is 83.9 Å². The van der Waals surface area contributed by atoms with Crippen LogP contribution >= 0.6 is 0 Å². The Morgan fingerprint density at radius 3 is 2.03 bits per heavy atom. The van der Waals surface area contributed by atoms with Gasteiger partial charge in [0.05, 0.1) is 6.04 Å². The maximum absolute atomic E-state index is 5.32. The molecule has 0 aromatic heterocycles. The van der Waals surface area contributed by atoms with E-state index in [0.717, 1.165) is 0 Å². The Kier molecular flexibility index (Phi) is 7.35. The average molecular weight is 460 g/mol. The van der Waals surface area contributed by atoms with Gasteiger partial charge in [-0.15, -0.1) is 0 Å². The molecule has 0 amide bonds. The van der Waals surface area contributed by atoms with E-state index in [4.69, 9.17) is 4.99 Å². The quantitative estimate of drug-likeness (QED) is 0.427.